The molecule has 1 aromatic heterocycles. The van der Waals surface area contributed by atoms with Crippen molar-refractivity contribution < 1.29 is 4.79 Å². The van der Waals surface area contributed by atoms with Gasteiger partial charge in [-0.2, -0.15) is 0 Å². The van der Waals surface area contributed by atoms with Gasteiger partial charge in [0.25, 0.3) is 5.91 Å². The van der Waals surface area contributed by atoms with Crippen LogP contribution in [0.1, 0.15) is 48.7 Å². The molecule has 1 amide bonds. The summed E-state index contributed by atoms with van der Waals surface area (Å²) in [5.74, 6) is 4.79. The van der Waals surface area contributed by atoms with Crippen LogP contribution < -0.4 is 11.3 Å². The van der Waals surface area contributed by atoms with E-state index >= 15 is 0 Å². The van der Waals surface area contributed by atoms with Gasteiger partial charge in [0.15, 0.2) is 0 Å². The van der Waals surface area contributed by atoms with Crippen LogP contribution in [0.2, 0.25) is 0 Å². The Morgan fingerprint density at radius 1 is 1.47 bits per heavy atom. The van der Waals surface area contributed by atoms with Gasteiger partial charge in [0.1, 0.15) is 0 Å². The normalized spacial score (nSPS) is 20.8. The minimum Gasteiger partial charge on any atom is -0.295 e. The number of nitrogens with two attached hydrogens (primary N) is 1. The highest BCUT2D eigenvalue weighted by atomic mass is 16.2. The molecule has 0 saturated carbocycles. The van der Waals surface area contributed by atoms with Crippen LogP contribution in [-0.4, -0.2) is 28.4 Å². The molecular weight excluding hydrogens is 240 g/mol. The average molecular weight is 262 g/mol. The molecule has 3 N–H and O–H groups in total. The number of aromatic nitrogens is 1. The number of nitrogen functional groups attached to an aromatic ring is 1. The van der Waals surface area contributed by atoms with Gasteiger partial charge in [-0.15, -0.1) is 0 Å². The van der Waals surface area contributed by atoms with E-state index in [0.29, 0.717) is 11.6 Å². The molecule has 0 bridgehead atoms. The summed E-state index contributed by atoms with van der Waals surface area (Å²) < 4.78 is 0. The summed E-state index contributed by atoms with van der Waals surface area (Å²) in [5, 5.41) is 0. The Labute approximate surface area is 114 Å². The van der Waals surface area contributed by atoms with Crippen LogP contribution in [0.5, 0.6) is 0 Å². The molecule has 2 heterocycles. The van der Waals surface area contributed by atoms with Gasteiger partial charge in [-0.25, -0.2) is 5.84 Å². The summed E-state index contributed by atoms with van der Waals surface area (Å²) in [5.41, 5.74) is 3.61. The maximum atomic E-state index is 11.3. The Balaban J connectivity index is 2.00. The summed E-state index contributed by atoms with van der Waals surface area (Å²) in [6.07, 6.45) is 6.75. The van der Waals surface area contributed by atoms with Gasteiger partial charge in [-0.05, 0) is 38.4 Å². The summed E-state index contributed by atoms with van der Waals surface area (Å²) in [7, 11) is 0. The Bertz CT molecular complexity index is 418. The van der Waals surface area contributed by atoms with Crippen molar-refractivity contribution in [3.05, 3.63) is 29.6 Å². The zero-order chi connectivity index (χ0) is 13.7. The molecule has 1 saturated heterocycles. The molecular formula is C14H22N4O. The summed E-state index contributed by atoms with van der Waals surface area (Å²) in [6.45, 7) is 4.27. The number of pyridine rings is 1. The smallest absolute Gasteiger partial charge is 0.266 e. The molecule has 1 aliphatic rings. The fraction of sp³-hybridized carbons (Fsp3) is 0.571. The standard InChI is InChI=1S/C14H22N4O/c1-11-5-3-2-4-8-18(11)10-13-7-6-12(9-16-13)14(19)17-15/h6-7,9,11H,2-5,8,10,15H2,1H3,(H,17,19). The summed E-state index contributed by atoms with van der Waals surface area (Å²) in [4.78, 5) is 18.1. The van der Waals surface area contributed by atoms with E-state index in [0.717, 1.165) is 18.8 Å². The molecule has 0 aromatic carbocycles. The van der Waals surface area contributed by atoms with Crippen molar-refractivity contribution in [2.75, 3.05) is 6.54 Å². The molecule has 5 nitrogen and oxygen atoms in total. The zero-order valence-electron chi connectivity index (χ0n) is 11.4. The average Bonchev–Trinajstić information content (AvgIpc) is 2.64. The van der Waals surface area contributed by atoms with E-state index in [-0.39, 0.29) is 5.91 Å². The molecule has 0 radical (unpaired) electrons. The lowest BCUT2D eigenvalue weighted by Gasteiger charge is -2.26. The second-order valence-electron chi connectivity index (χ2n) is 5.18. The topological polar surface area (TPSA) is 71.2 Å². The Morgan fingerprint density at radius 3 is 3.00 bits per heavy atom. The molecule has 0 aliphatic carbocycles. The van der Waals surface area contributed by atoms with Crippen molar-refractivity contribution in [2.45, 2.75) is 45.2 Å². The highest BCUT2D eigenvalue weighted by Crippen LogP contribution is 2.18. The van der Waals surface area contributed by atoms with Gasteiger partial charge in [0.05, 0.1) is 11.3 Å². The molecule has 5 heteroatoms. The molecule has 104 valence electrons. The number of hydrazine groups is 1. The molecule has 1 aliphatic heterocycles. The Morgan fingerprint density at radius 2 is 2.32 bits per heavy atom. The number of hydrogen-bond donors (Lipinski definition) is 2. The molecule has 2 rings (SSSR count). The van der Waals surface area contributed by atoms with Crippen LogP contribution >= 0.6 is 0 Å². The van der Waals surface area contributed by atoms with Gasteiger partial charge in [0, 0.05) is 18.8 Å². The second-order valence-corrected chi connectivity index (χ2v) is 5.18. The number of nitrogens with zero attached hydrogens (tertiary/aromatic N) is 2. The number of rotatable bonds is 3. The van der Waals surface area contributed by atoms with Crippen LogP contribution in [0, 0.1) is 0 Å². The lowest BCUT2D eigenvalue weighted by atomic mass is 10.1. The van der Waals surface area contributed by atoms with Crippen LogP contribution in [0.25, 0.3) is 0 Å². The maximum absolute atomic E-state index is 11.3. The van der Waals surface area contributed by atoms with Gasteiger partial charge in [-0.3, -0.25) is 20.1 Å². The van der Waals surface area contributed by atoms with E-state index in [9.17, 15) is 4.79 Å². The van der Waals surface area contributed by atoms with Gasteiger partial charge < -0.3 is 0 Å². The van der Waals surface area contributed by atoms with E-state index in [1.165, 1.54) is 25.7 Å². The third-order valence-electron chi connectivity index (χ3n) is 3.77. The van der Waals surface area contributed by atoms with Crippen molar-refractivity contribution in [1.82, 2.24) is 15.3 Å². The third kappa shape index (κ3) is 3.75. The Hall–Kier alpha value is -1.46. The fourth-order valence-corrected chi connectivity index (χ4v) is 2.51. The maximum Gasteiger partial charge on any atom is 0.266 e. The first-order valence-corrected chi connectivity index (χ1v) is 6.90. The molecule has 1 fully saturated rings. The molecule has 0 spiro atoms. The van der Waals surface area contributed by atoms with E-state index in [1.807, 2.05) is 6.07 Å². The summed E-state index contributed by atoms with van der Waals surface area (Å²) in [6, 6.07) is 4.28. The number of likely N-dealkylation sites (tertiary alicyclic amines) is 1. The predicted molar refractivity (Wildman–Crippen MR) is 74.2 cm³/mol. The first kappa shape index (κ1) is 14.0. The van der Waals surface area contributed by atoms with Crippen molar-refractivity contribution in [3.63, 3.8) is 0 Å². The van der Waals surface area contributed by atoms with Gasteiger partial charge in [0.2, 0.25) is 0 Å². The van der Waals surface area contributed by atoms with E-state index in [1.54, 1.807) is 12.3 Å². The van der Waals surface area contributed by atoms with Crippen LogP contribution in [0.15, 0.2) is 18.3 Å². The van der Waals surface area contributed by atoms with E-state index in [4.69, 9.17) is 5.84 Å². The van der Waals surface area contributed by atoms with Crippen LogP contribution in [-0.2, 0) is 6.54 Å². The number of hydrogen-bond acceptors (Lipinski definition) is 4. The van der Waals surface area contributed by atoms with Crippen molar-refractivity contribution in [2.24, 2.45) is 5.84 Å². The quantitative estimate of drug-likeness (QED) is 0.491. The highest BCUT2D eigenvalue weighted by Gasteiger charge is 2.17. The highest BCUT2D eigenvalue weighted by molar-refractivity contribution is 5.93. The second kappa shape index (κ2) is 6.63. The van der Waals surface area contributed by atoms with Crippen LogP contribution in [0.3, 0.4) is 0 Å². The van der Waals surface area contributed by atoms with Crippen molar-refractivity contribution in [1.29, 1.82) is 0 Å². The van der Waals surface area contributed by atoms with E-state index < -0.39 is 0 Å². The number of amides is 1. The number of nitrogens with one attached hydrogen (secondary N) is 1. The van der Waals surface area contributed by atoms with Gasteiger partial charge in [-0.1, -0.05) is 12.8 Å². The minimum absolute atomic E-state index is 0.304. The molecule has 1 unspecified atom stereocenters. The van der Waals surface area contributed by atoms with Crippen LogP contribution in [0.4, 0.5) is 0 Å². The molecule has 1 atom stereocenters. The largest absolute Gasteiger partial charge is 0.295 e. The lowest BCUT2D eigenvalue weighted by molar-refractivity contribution is 0.0953. The fourth-order valence-electron chi connectivity index (χ4n) is 2.51. The number of carbonyl (C=O) groups excluding carboxylic acids is 1. The molecule has 19 heavy (non-hydrogen) atoms. The number of carbonyl (C=O) groups is 1. The first-order valence-electron chi connectivity index (χ1n) is 6.90. The van der Waals surface area contributed by atoms with Crippen molar-refractivity contribution >= 4 is 5.91 Å². The SMILES string of the molecule is CC1CCCCCN1Cc1ccc(C(=O)NN)cn1. The van der Waals surface area contributed by atoms with Crippen molar-refractivity contribution in [3.8, 4) is 0 Å². The van der Waals surface area contributed by atoms with Gasteiger partial charge >= 0.3 is 0 Å². The molecule has 1 aromatic rings. The summed E-state index contributed by atoms with van der Waals surface area (Å²) >= 11 is 0. The third-order valence-corrected chi connectivity index (χ3v) is 3.77. The lowest BCUT2D eigenvalue weighted by Crippen LogP contribution is -2.32. The van der Waals surface area contributed by atoms with E-state index in [2.05, 4.69) is 22.2 Å². The first-order chi connectivity index (χ1) is 9.20. The predicted octanol–water partition coefficient (Wildman–Crippen LogP) is 1.45. The minimum atomic E-state index is -0.304. The zero-order valence-corrected chi connectivity index (χ0v) is 11.4. The Kier molecular flexibility index (Phi) is 4.87. The monoisotopic (exact) mass is 262 g/mol.